The zero-order valence-corrected chi connectivity index (χ0v) is 14.1. The topological polar surface area (TPSA) is 124 Å². The predicted molar refractivity (Wildman–Crippen MR) is 93.8 cm³/mol. The summed E-state index contributed by atoms with van der Waals surface area (Å²) in [4.78, 5) is 7.99. The van der Waals surface area contributed by atoms with E-state index in [0.717, 1.165) is 23.2 Å². The van der Waals surface area contributed by atoms with Crippen LogP contribution in [0.1, 0.15) is 11.3 Å². The molecule has 0 fully saturated rings. The average molecular weight is 361 g/mol. The molecule has 3 rings (SSSR count). The van der Waals surface area contributed by atoms with Gasteiger partial charge in [-0.1, -0.05) is 6.07 Å². The molecule has 130 valence electrons. The number of sulfonamides is 1. The minimum absolute atomic E-state index is 0.235. The molecular formula is C16H16FN5O2S. The Kier molecular flexibility index (Phi) is 4.27. The summed E-state index contributed by atoms with van der Waals surface area (Å²) >= 11 is 0. The maximum atomic E-state index is 13.9. The molecule has 5 N–H and O–H groups in total. The summed E-state index contributed by atoms with van der Waals surface area (Å²) in [6.45, 7) is 2.10. The van der Waals surface area contributed by atoms with E-state index in [1.165, 1.54) is 12.3 Å². The van der Waals surface area contributed by atoms with Crippen LogP contribution in [0.2, 0.25) is 0 Å². The number of aryl methyl sites for hydroxylation is 1. The fourth-order valence-electron chi connectivity index (χ4n) is 2.46. The molecule has 25 heavy (non-hydrogen) atoms. The van der Waals surface area contributed by atoms with Gasteiger partial charge in [0.25, 0.3) is 0 Å². The molecule has 0 atom stereocenters. The molecule has 2 heterocycles. The lowest BCUT2D eigenvalue weighted by Crippen LogP contribution is -2.14. The highest BCUT2D eigenvalue weighted by molar-refractivity contribution is 7.89. The highest BCUT2D eigenvalue weighted by Crippen LogP contribution is 2.27. The highest BCUT2D eigenvalue weighted by atomic mass is 32.2. The van der Waals surface area contributed by atoms with Gasteiger partial charge in [-0.3, -0.25) is 0 Å². The molecule has 7 nitrogen and oxygen atoms in total. The summed E-state index contributed by atoms with van der Waals surface area (Å²) in [6, 6.07) is 7.44. The normalized spacial score (nSPS) is 11.6. The average Bonchev–Trinajstić information content (AvgIpc) is 2.53. The van der Waals surface area contributed by atoms with Crippen LogP contribution in [0, 0.1) is 12.7 Å². The Hall–Kier alpha value is -2.78. The third-order valence-corrected chi connectivity index (χ3v) is 4.61. The van der Waals surface area contributed by atoms with Crippen LogP contribution in [0.4, 0.5) is 15.8 Å². The largest absolute Gasteiger partial charge is 0.396 e. The zero-order chi connectivity index (χ0) is 18.2. The lowest BCUT2D eigenvalue weighted by atomic mass is 10.1. The summed E-state index contributed by atoms with van der Waals surface area (Å²) in [7, 11) is -4.09. The summed E-state index contributed by atoms with van der Waals surface area (Å²) in [6.07, 6.45) is 1.50. The van der Waals surface area contributed by atoms with E-state index in [9.17, 15) is 12.8 Å². The van der Waals surface area contributed by atoms with E-state index < -0.39 is 20.7 Å². The molecule has 0 saturated carbocycles. The first kappa shape index (κ1) is 17.1. The van der Waals surface area contributed by atoms with E-state index in [1.807, 2.05) is 19.1 Å². The van der Waals surface area contributed by atoms with Gasteiger partial charge in [0.05, 0.1) is 17.6 Å². The van der Waals surface area contributed by atoms with Gasteiger partial charge in [-0.2, -0.15) is 0 Å². The number of primary sulfonamides is 1. The number of hydrogen-bond acceptors (Lipinski definition) is 6. The molecule has 3 aromatic rings. The number of hydrogen-bond donors (Lipinski definition) is 3. The number of fused-ring (bicyclic) bond motifs is 1. The number of rotatable bonds is 4. The fourth-order valence-corrected chi connectivity index (χ4v) is 3.05. The van der Waals surface area contributed by atoms with Gasteiger partial charge in [0.15, 0.2) is 5.65 Å². The number of aromatic nitrogens is 2. The lowest BCUT2D eigenvalue weighted by molar-refractivity contribution is 0.567. The summed E-state index contributed by atoms with van der Waals surface area (Å²) < 4.78 is 36.4. The van der Waals surface area contributed by atoms with E-state index in [4.69, 9.17) is 10.9 Å². The second-order valence-electron chi connectivity index (χ2n) is 5.58. The molecule has 0 aliphatic carbocycles. The smallest absolute Gasteiger partial charge is 0.240 e. The second kappa shape index (κ2) is 6.26. The first-order valence-electron chi connectivity index (χ1n) is 7.32. The van der Waals surface area contributed by atoms with Crippen LogP contribution in [-0.2, 0) is 16.6 Å². The van der Waals surface area contributed by atoms with Crippen LogP contribution in [-0.4, -0.2) is 18.4 Å². The SMILES string of the molecule is Cc1ccc2c(NCc3ccc(S(N)(=O)=O)c(F)c3)c(N)cnc2n1. The van der Waals surface area contributed by atoms with E-state index >= 15 is 0 Å². The predicted octanol–water partition coefficient (Wildman–Crippen LogP) is 1.92. The van der Waals surface area contributed by atoms with Crippen LogP contribution >= 0.6 is 0 Å². The summed E-state index contributed by atoms with van der Waals surface area (Å²) in [5.41, 5.74) is 8.96. The molecule has 0 radical (unpaired) electrons. The third kappa shape index (κ3) is 3.52. The Balaban J connectivity index is 1.91. The molecule has 0 amide bonds. The molecule has 9 heteroatoms. The Bertz CT molecular complexity index is 1070. The maximum absolute atomic E-state index is 13.9. The van der Waals surface area contributed by atoms with E-state index in [1.54, 1.807) is 0 Å². The van der Waals surface area contributed by atoms with Crippen molar-refractivity contribution < 1.29 is 12.8 Å². The van der Waals surface area contributed by atoms with Gasteiger partial charge >= 0.3 is 0 Å². The van der Waals surface area contributed by atoms with Crippen molar-refractivity contribution in [3.8, 4) is 0 Å². The first-order chi connectivity index (χ1) is 11.8. The van der Waals surface area contributed by atoms with Crippen LogP contribution in [0.25, 0.3) is 11.0 Å². The van der Waals surface area contributed by atoms with Crippen molar-refractivity contribution in [3.05, 3.63) is 53.6 Å². The zero-order valence-electron chi connectivity index (χ0n) is 13.3. The van der Waals surface area contributed by atoms with Crippen molar-refractivity contribution in [3.63, 3.8) is 0 Å². The van der Waals surface area contributed by atoms with Gasteiger partial charge < -0.3 is 11.1 Å². The highest BCUT2D eigenvalue weighted by Gasteiger charge is 2.15. The van der Waals surface area contributed by atoms with Crippen LogP contribution in [0.3, 0.4) is 0 Å². The van der Waals surface area contributed by atoms with Crippen LogP contribution in [0.5, 0.6) is 0 Å². The summed E-state index contributed by atoms with van der Waals surface area (Å²) in [5.74, 6) is -0.897. The van der Waals surface area contributed by atoms with E-state index in [2.05, 4.69) is 15.3 Å². The van der Waals surface area contributed by atoms with Crippen molar-refractivity contribution in [1.29, 1.82) is 0 Å². The number of nitrogens with zero attached hydrogens (tertiary/aromatic N) is 2. The number of benzene rings is 1. The second-order valence-corrected chi connectivity index (χ2v) is 7.11. The fraction of sp³-hybridized carbons (Fsp3) is 0.125. The van der Waals surface area contributed by atoms with Crippen molar-refractivity contribution in [2.24, 2.45) is 5.14 Å². The first-order valence-corrected chi connectivity index (χ1v) is 8.87. The number of nitrogens with two attached hydrogens (primary N) is 2. The van der Waals surface area contributed by atoms with Crippen molar-refractivity contribution in [1.82, 2.24) is 9.97 Å². The lowest BCUT2D eigenvalue weighted by Gasteiger charge is -2.12. The number of nitrogens with one attached hydrogen (secondary N) is 1. The van der Waals surface area contributed by atoms with Gasteiger partial charge in [0.2, 0.25) is 10.0 Å². The molecule has 0 aliphatic heterocycles. The van der Waals surface area contributed by atoms with Gasteiger partial charge in [-0.15, -0.1) is 0 Å². The maximum Gasteiger partial charge on any atom is 0.240 e. The summed E-state index contributed by atoms with van der Waals surface area (Å²) in [5, 5.41) is 8.82. The number of anilines is 2. The van der Waals surface area contributed by atoms with Crippen molar-refractivity contribution >= 4 is 32.4 Å². The Labute approximate surface area is 143 Å². The quantitative estimate of drug-likeness (QED) is 0.652. The standard InChI is InChI=1S/C16H16FN5O2S/c1-9-2-4-11-15(13(18)8-21-16(11)22-9)20-7-10-3-5-14(12(17)6-10)25(19,23)24/h2-6,8H,7,18H2,1H3,(H2,19,23,24)(H,20,21,22). The molecular weight excluding hydrogens is 345 g/mol. The third-order valence-electron chi connectivity index (χ3n) is 3.67. The molecule has 0 unspecified atom stereocenters. The van der Waals surface area contributed by atoms with E-state index in [0.29, 0.717) is 22.6 Å². The van der Waals surface area contributed by atoms with E-state index in [-0.39, 0.29) is 6.54 Å². The minimum atomic E-state index is -4.09. The molecule has 0 bridgehead atoms. The molecule has 2 aromatic heterocycles. The molecule has 0 saturated heterocycles. The van der Waals surface area contributed by atoms with Crippen molar-refractivity contribution in [2.75, 3.05) is 11.1 Å². The number of halogens is 1. The molecule has 0 aliphatic rings. The Morgan fingerprint density at radius 3 is 2.68 bits per heavy atom. The van der Waals surface area contributed by atoms with Gasteiger partial charge in [-0.25, -0.2) is 27.9 Å². The van der Waals surface area contributed by atoms with Gasteiger partial charge in [-0.05, 0) is 36.8 Å². The van der Waals surface area contributed by atoms with Gasteiger partial charge in [0.1, 0.15) is 10.7 Å². The Morgan fingerprint density at radius 2 is 2.00 bits per heavy atom. The van der Waals surface area contributed by atoms with Crippen LogP contribution < -0.4 is 16.2 Å². The number of nitrogen functional groups attached to an aromatic ring is 1. The monoisotopic (exact) mass is 361 g/mol. The van der Waals surface area contributed by atoms with Gasteiger partial charge in [0, 0.05) is 17.6 Å². The van der Waals surface area contributed by atoms with Crippen molar-refractivity contribution in [2.45, 2.75) is 18.4 Å². The molecule has 0 spiro atoms. The minimum Gasteiger partial charge on any atom is -0.396 e. The Morgan fingerprint density at radius 1 is 1.24 bits per heavy atom. The molecule has 1 aromatic carbocycles. The van der Waals surface area contributed by atoms with Crippen LogP contribution in [0.15, 0.2) is 41.4 Å². The number of pyridine rings is 2.